The van der Waals surface area contributed by atoms with Crippen LogP contribution in [0.4, 0.5) is 5.82 Å². The van der Waals surface area contributed by atoms with E-state index in [2.05, 4.69) is 15.0 Å². The van der Waals surface area contributed by atoms with Gasteiger partial charge in [0.2, 0.25) is 0 Å². The van der Waals surface area contributed by atoms with Crippen LogP contribution in [-0.2, 0) is 17.5 Å². The average molecular weight is 360 g/mol. The largest absolute Gasteiger partial charge is 0.496 e. The number of ether oxygens (including phenoxy) is 1. The minimum atomic E-state index is -1.17. The molecule has 1 aliphatic carbocycles. The molecular formula is C17H20N4O3S. The fraction of sp³-hybridized carbons (Fsp3) is 0.412. The lowest BCUT2D eigenvalue weighted by Gasteiger charge is -2.08. The normalized spacial score (nSPS) is 15.4. The van der Waals surface area contributed by atoms with Crippen molar-refractivity contribution in [2.75, 3.05) is 17.6 Å². The molecule has 0 amide bonds. The van der Waals surface area contributed by atoms with E-state index in [1.54, 1.807) is 13.3 Å². The molecule has 2 aromatic heterocycles. The number of rotatable bonds is 8. The van der Waals surface area contributed by atoms with Gasteiger partial charge in [-0.05, 0) is 36.1 Å². The van der Waals surface area contributed by atoms with Crippen LogP contribution in [0.3, 0.4) is 0 Å². The Morgan fingerprint density at radius 3 is 3.04 bits per heavy atom. The second-order valence-electron chi connectivity index (χ2n) is 6.29. The predicted molar refractivity (Wildman–Crippen MR) is 95.9 cm³/mol. The molecule has 1 saturated carbocycles. The highest BCUT2D eigenvalue weighted by molar-refractivity contribution is 7.86. The minimum Gasteiger partial charge on any atom is -0.496 e. The summed E-state index contributed by atoms with van der Waals surface area (Å²) < 4.78 is 28.0. The van der Waals surface area contributed by atoms with Crippen LogP contribution in [0.25, 0.3) is 11.0 Å². The third kappa shape index (κ3) is 3.68. The van der Waals surface area contributed by atoms with Gasteiger partial charge in [0, 0.05) is 18.1 Å². The van der Waals surface area contributed by atoms with Crippen molar-refractivity contribution in [3.05, 3.63) is 36.2 Å². The third-order valence-electron chi connectivity index (χ3n) is 4.34. The molecule has 0 bridgehead atoms. The second-order valence-corrected chi connectivity index (χ2v) is 7.59. The Bertz CT molecular complexity index is 887. The summed E-state index contributed by atoms with van der Waals surface area (Å²) in [7, 11) is 0.435. The smallest absolute Gasteiger partial charge is 0.192 e. The summed E-state index contributed by atoms with van der Waals surface area (Å²) in [6, 6.07) is 5.72. The molecule has 0 saturated heterocycles. The molecule has 1 N–H and O–H groups in total. The number of methoxy groups -OCH3 is 1. The molecule has 0 radical (unpaired) electrons. The van der Waals surface area contributed by atoms with Crippen LogP contribution in [-0.4, -0.2) is 32.0 Å². The van der Waals surface area contributed by atoms with Crippen molar-refractivity contribution >= 4 is 27.8 Å². The SMILES string of the molecule is COc1cc(Cn2cccn2)cc2onc(NS(=O)CCC3CC3)c12. The molecule has 7 nitrogen and oxygen atoms in total. The van der Waals surface area contributed by atoms with Crippen molar-refractivity contribution < 1.29 is 13.5 Å². The van der Waals surface area contributed by atoms with Crippen molar-refractivity contribution in [2.24, 2.45) is 5.92 Å². The van der Waals surface area contributed by atoms with E-state index in [0.29, 0.717) is 34.8 Å². The van der Waals surface area contributed by atoms with Gasteiger partial charge >= 0.3 is 0 Å². The molecule has 1 atom stereocenters. The molecule has 132 valence electrons. The Morgan fingerprint density at radius 2 is 2.32 bits per heavy atom. The summed E-state index contributed by atoms with van der Waals surface area (Å²) >= 11 is 0. The molecule has 4 rings (SSSR count). The molecule has 25 heavy (non-hydrogen) atoms. The monoisotopic (exact) mass is 360 g/mol. The van der Waals surface area contributed by atoms with Crippen LogP contribution < -0.4 is 9.46 Å². The zero-order valence-electron chi connectivity index (χ0n) is 14.0. The van der Waals surface area contributed by atoms with Crippen molar-refractivity contribution in [3.8, 4) is 5.75 Å². The Hall–Kier alpha value is -2.35. The van der Waals surface area contributed by atoms with Gasteiger partial charge in [0.05, 0.1) is 13.7 Å². The van der Waals surface area contributed by atoms with Gasteiger partial charge < -0.3 is 9.26 Å². The molecule has 1 unspecified atom stereocenters. The number of fused-ring (bicyclic) bond motifs is 1. The first-order valence-electron chi connectivity index (χ1n) is 8.31. The molecule has 0 spiro atoms. The van der Waals surface area contributed by atoms with Crippen LogP contribution in [0.5, 0.6) is 5.75 Å². The van der Waals surface area contributed by atoms with Gasteiger partial charge in [-0.3, -0.25) is 9.40 Å². The first-order valence-corrected chi connectivity index (χ1v) is 9.63. The standard InChI is InChI=1S/C17H20N4O3S/c1-23-14-9-13(11-21-7-2-6-18-21)10-15-16(14)17(19-24-15)20-25(22)8-5-12-3-4-12/h2,6-7,9-10,12H,3-5,8,11H2,1H3,(H,19,20). The van der Waals surface area contributed by atoms with Crippen LogP contribution in [0, 0.1) is 5.92 Å². The quantitative estimate of drug-likeness (QED) is 0.668. The van der Waals surface area contributed by atoms with E-state index in [1.165, 1.54) is 12.8 Å². The van der Waals surface area contributed by atoms with E-state index in [-0.39, 0.29) is 0 Å². The highest BCUT2D eigenvalue weighted by atomic mass is 32.2. The van der Waals surface area contributed by atoms with E-state index < -0.39 is 11.0 Å². The maximum atomic E-state index is 12.2. The van der Waals surface area contributed by atoms with Crippen molar-refractivity contribution in [1.82, 2.24) is 14.9 Å². The van der Waals surface area contributed by atoms with E-state index in [4.69, 9.17) is 9.26 Å². The van der Waals surface area contributed by atoms with E-state index in [0.717, 1.165) is 17.9 Å². The number of hydrogen-bond donors (Lipinski definition) is 1. The molecule has 2 heterocycles. The zero-order chi connectivity index (χ0) is 17.2. The van der Waals surface area contributed by atoms with E-state index in [9.17, 15) is 4.21 Å². The first kappa shape index (κ1) is 16.1. The predicted octanol–water partition coefficient (Wildman–Crippen LogP) is 2.96. The maximum absolute atomic E-state index is 12.2. The molecular weight excluding hydrogens is 340 g/mol. The minimum absolute atomic E-state index is 0.464. The third-order valence-corrected chi connectivity index (χ3v) is 5.37. The Balaban J connectivity index is 1.57. The van der Waals surface area contributed by atoms with E-state index >= 15 is 0 Å². The molecule has 3 aromatic rings. The molecule has 0 aliphatic heterocycles. The molecule has 1 aliphatic rings. The Labute approximate surface area is 147 Å². The molecule has 1 fully saturated rings. The zero-order valence-corrected chi connectivity index (χ0v) is 14.8. The number of benzene rings is 1. The number of hydrogen-bond acceptors (Lipinski definition) is 5. The molecule has 1 aromatic carbocycles. The summed E-state index contributed by atoms with van der Waals surface area (Å²) in [6.07, 6.45) is 7.14. The van der Waals surface area contributed by atoms with Gasteiger partial charge in [-0.1, -0.05) is 18.0 Å². The second kappa shape index (κ2) is 6.87. The van der Waals surface area contributed by atoms with Crippen LogP contribution in [0.2, 0.25) is 0 Å². The summed E-state index contributed by atoms with van der Waals surface area (Å²) in [4.78, 5) is 0. The van der Waals surface area contributed by atoms with Gasteiger partial charge in [-0.25, -0.2) is 4.21 Å². The first-order chi connectivity index (χ1) is 12.2. The number of nitrogens with one attached hydrogen (secondary N) is 1. The summed E-state index contributed by atoms with van der Waals surface area (Å²) in [6.45, 7) is 0.607. The van der Waals surface area contributed by atoms with Crippen LogP contribution in [0.1, 0.15) is 24.8 Å². The Morgan fingerprint density at radius 1 is 1.44 bits per heavy atom. The highest BCUT2D eigenvalue weighted by Crippen LogP contribution is 2.35. The van der Waals surface area contributed by atoms with Gasteiger partial charge in [0.1, 0.15) is 22.1 Å². The lowest BCUT2D eigenvalue weighted by Crippen LogP contribution is -2.09. The fourth-order valence-corrected chi connectivity index (χ4v) is 3.84. The van der Waals surface area contributed by atoms with Gasteiger partial charge in [0.25, 0.3) is 0 Å². The summed E-state index contributed by atoms with van der Waals surface area (Å²) in [5.74, 6) is 2.48. The number of nitrogens with zero attached hydrogens (tertiary/aromatic N) is 3. The summed E-state index contributed by atoms with van der Waals surface area (Å²) in [5.41, 5.74) is 1.59. The van der Waals surface area contributed by atoms with Crippen molar-refractivity contribution in [3.63, 3.8) is 0 Å². The van der Waals surface area contributed by atoms with Gasteiger partial charge in [-0.2, -0.15) is 5.10 Å². The van der Waals surface area contributed by atoms with Crippen LogP contribution in [0.15, 0.2) is 35.1 Å². The average Bonchev–Trinajstić information content (AvgIpc) is 3.15. The molecule has 8 heteroatoms. The fourth-order valence-electron chi connectivity index (χ4n) is 2.83. The van der Waals surface area contributed by atoms with Gasteiger partial charge in [0.15, 0.2) is 11.4 Å². The van der Waals surface area contributed by atoms with Crippen molar-refractivity contribution in [2.45, 2.75) is 25.8 Å². The van der Waals surface area contributed by atoms with Gasteiger partial charge in [-0.15, -0.1) is 0 Å². The number of anilines is 1. The van der Waals surface area contributed by atoms with Crippen molar-refractivity contribution in [1.29, 1.82) is 0 Å². The lowest BCUT2D eigenvalue weighted by atomic mass is 10.1. The van der Waals surface area contributed by atoms with E-state index in [1.807, 2.05) is 29.1 Å². The highest BCUT2D eigenvalue weighted by Gasteiger charge is 2.22. The summed E-state index contributed by atoms with van der Waals surface area (Å²) in [5, 5.41) is 8.97. The van der Waals surface area contributed by atoms with Crippen LogP contribution >= 0.6 is 0 Å². The number of aromatic nitrogens is 3. The topological polar surface area (TPSA) is 82.2 Å². The lowest BCUT2D eigenvalue weighted by molar-refractivity contribution is 0.418. The Kier molecular flexibility index (Phi) is 4.44. The maximum Gasteiger partial charge on any atom is 0.192 e.